The first-order chi connectivity index (χ1) is 11.3. The fourth-order valence-electron chi connectivity index (χ4n) is 1.81. The molecule has 0 heterocycles. The van der Waals surface area contributed by atoms with E-state index in [0.717, 1.165) is 13.2 Å². The Morgan fingerprint density at radius 3 is 1.22 bits per heavy atom. The topological polar surface area (TPSA) is 68.2 Å². The van der Waals surface area contributed by atoms with E-state index in [1.165, 1.54) is 51.4 Å². The molecule has 0 aromatic rings. The Hall–Kier alpha value is -0.200. The van der Waals surface area contributed by atoms with Crippen molar-refractivity contribution in [3.05, 3.63) is 0 Å². The predicted octanol–water partition coefficient (Wildman–Crippen LogP) is 3.17. The number of rotatable bonds is 17. The van der Waals surface area contributed by atoms with Gasteiger partial charge in [0.15, 0.2) is 0 Å². The van der Waals surface area contributed by atoms with Crippen LogP contribution in [0.1, 0.15) is 65.2 Å². The average Bonchev–Trinajstić information content (AvgIpc) is 2.57. The zero-order chi connectivity index (χ0) is 17.4. The van der Waals surface area contributed by atoms with Gasteiger partial charge in [0.05, 0.1) is 39.6 Å². The highest BCUT2D eigenvalue weighted by Gasteiger charge is 1.90. The van der Waals surface area contributed by atoms with E-state index >= 15 is 0 Å². The summed E-state index contributed by atoms with van der Waals surface area (Å²) in [4.78, 5) is 0. The van der Waals surface area contributed by atoms with Crippen LogP contribution in [0.25, 0.3) is 0 Å². The van der Waals surface area contributed by atoms with E-state index in [4.69, 9.17) is 24.4 Å². The summed E-state index contributed by atoms with van der Waals surface area (Å²) in [5.74, 6) is 0. The van der Waals surface area contributed by atoms with Crippen molar-refractivity contribution in [2.24, 2.45) is 0 Å². The molecule has 0 amide bonds. The normalized spacial score (nSPS) is 10.4. The van der Waals surface area contributed by atoms with Crippen LogP contribution in [-0.2, 0) is 14.2 Å². The molecule has 142 valence electrons. The Bertz CT molecular complexity index is 161. The second kappa shape index (κ2) is 26.7. The largest absolute Gasteiger partial charge is 0.394 e. The van der Waals surface area contributed by atoms with Crippen LogP contribution in [0.4, 0.5) is 0 Å². The number of aliphatic hydroxyl groups excluding tert-OH is 2. The van der Waals surface area contributed by atoms with Crippen LogP contribution < -0.4 is 0 Å². The first-order valence-corrected chi connectivity index (χ1v) is 9.28. The maximum atomic E-state index is 8.26. The van der Waals surface area contributed by atoms with Gasteiger partial charge in [0.2, 0.25) is 0 Å². The molecule has 0 rings (SSSR count). The standard InChI is InChI=1S/C12H26O.C6H14O4/c1-3-5-7-9-11-13-12-10-8-6-4-2;7-1-3-9-5-6-10-4-2-8/h3-12H2,1-2H3;7-8H,1-6H2. The molecule has 0 saturated heterocycles. The van der Waals surface area contributed by atoms with E-state index in [1.54, 1.807) is 0 Å². The van der Waals surface area contributed by atoms with Crippen molar-refractivity contribution in [1.82, 2.24) is 0 Å². The lowest BCUT2D eigenvalue weighted by Crippen LogP contribution is -2.09. The zero-order valence-corrected chi connectivity index (χ0v) is 15.4. The average molecular weight is 337 g/mol. The highest BCUT2D eigenvalue weighted by atomic mass is 16.5. The van der Waals surface area contributed by atoms with Gasteiger partial charge in [-0.2, -0.15) is 0 Å². The third-order valence-electron chi connectivity index (χ3n) is 3.13. The second-order valence-electron chi connectivity index (χ2n) is 5.41. The molecule has 5 nitrogen and oxygen atoms in total. The maximum absolute atomic E-state index is 8.26. The minimum absolute atomic E-state index is 0.0417. The van der Waals surface area contributed by atoms with Gasteiger partial charge < -0.3 is 24.4 Å². The molecule has 23 heavy (non-hydrogen) atoms. The van der Waals surface area contributed by atoms with E-state index < -0.39 is 0 Å². The summed E-state index contributed by atoms with van der Waals surface area (Å²) in [5.41, 5.74) is 0. The summed E-state index contributed by atoms with van der Waals surface area (Å²) < 4.78 is 15.3. The van der Waals surface area contributed by atoms with Crippen molar-refractivity contribution >= 4 is 0 Å². The van der Waals surface area contributed by atoms with Gasteiger partial charge >= 0.3 is 0 Å². The number of aliphatic hydroxyl groups is 2. The van der Waals surface area contributed by atoms with Crippen LogP contribution in [0.2, 0.25) is 0 Å². The molecule has 0 aliphatic rings. The van der Waals surface area contributed by atoms with Gasteiger partial charge in [0.1, 0.15) is 0 Å². The van der Waals surface area contributed by atoms with Gasteiger partial charge in [-0.05, 0) is 12.8 Å². The van der Waals surface area contributed by atoms with Crippen molar-refractivity contribution in [2.75, 3.05) is 52.9 Å². The summed E-state index contributed by atoms with van der Waals surface area (Å²) in [5, 5.41) is 16.5. The fourth-order valence-corrected chi connectivity index (χ4v) is 1.81. The van der Waals surface area contributed by atoms with Crippen molar-refractivity contribution in [2.45, 2.75) is 65.2 Å². The predicted molar refractivity (Wildman–Crippen MR) is 94.9 cm³/mol. The van der Waals surface area contributed by atoms with Crippen LogP contribution in [0, 0.1) is 0 Å². The van der Waals surface area contributed by atoms with Crippen LogP contribution in [0.5, 0.6) is 0 Å². The summed E-state index contributed by atoms with van der Waals surface area (Å²) >= 11 is 0. The zero-order valence-electron chi connectivity index (χ0n) is 15.4. The summed E-state index contributed by atoms with van der Waals surface area (Å²) in [6.45, 7) is 8.17. The van der Waals surface area contributed by atoms with Crippen molar-refractivity contribution in [3.63, 3.8) is 0 Å². The van der Waals surface area contributed by atoms with Gasteiger partial charge in [0, 0.05) is 13.2 Å². The molecule has 0 radical (unpaired) electrons. The van der Waals surface area contributed by atoms with Crippen molar-refractivity contribution in [1.29, 1.82) is 0 Å². The smallest absolute Gasteiger partial charge is 0.0701 e. The summed E-state index contributed by atoms with van der Waals surface area (Å²) in [6.07, 6.45) is 10.5. The molecule has 0 saturated carbocycles. The number of unbranched alkanes of at least 4 members (excludes halogenated alkanes) is 6. The molecule has 0 bridgehead atoms. The first-order valence-electron chi connectivity index (χ1n) is 9.28. The molecular formula is C18H40O5. The monoisotopic (exact) mass is 336 g/mol. The third-order valence-corrected chi connectivity index (χ3v) is 3.13. The molecule has 5 heteroatoms. The second-order valence-corrected chi connectivity index (χ2v) is 5.41. The van der Waals surface area contributed by atoms with E-state index in [9.17, 15) is 0 Å². The lowest BCUT2D eigenvalue weighted by atomic mass is 10.2. The fraction of sp³-hybridized carbons (Fsp3) is 1.00. The van der Waals surface area contributed by atoms with Crippen LogP contribution in [-0.4, -0.2) is 63.1 Å². The van der Waals surface area contributed by atoms with Gasteiger partial charge in [0.25, 0.3) is 0 Å². The first kappa shape index (κ1) is 25.0. The molecule has 0 unspecified atom stereocenters. The molecule has 0 atom stereocenters. The van der Waals surface area contributed by atoms with Crippen LogP contribution in [0.3, 0.4) is 0 Å². The van der Waals surface area contributed by atoms with E-state index in [-0.39, 0.29) is 13.2 Å². The Morgan fingerprint density at radius 1 is 0.478 bits per heavy atom. The van der Waals surface area contributed by atoms with Crippen LogP contribution >= 0.6 is 0 Å². The lowest BCUT2D eigenvalue weighted by molar-refractivity contribution is 0.0222. The molecular weight excluding hydrogens is 296 g/mol. The quantitative estimate of drug-likeness (QED) is 0.399. The number of hydrogen-bond acceptors (Lipinski definition) is 5. The van der Waals surface area contributed by atoms with Crippen molar-refractivity contribution in [3.8, 4) is 0 Å². The van der Waals surface area contributed by atoms with E-state index in [0.29, 0.717) is 26.4 Å². The molecule has 0 fully saturated rings. The minimum Gasteiger partial charge on any atom is -0.394 e. The SMILES string of the molecule is CCCCCCOCCCCCC.OCCOCCOCCO. The Balaban J connectivity index is 0. The Kier molecular flexibility index (Phi) is 29.1. The van der Waals surface area contributed by atoms with Gasteiger partial charge in [-0.25, -0.2) is 0 Å². The van der Waals surface area contributed by atoms with E-state index in [1.807, 2.05) is 0 Å². The highest BCUT2D eigenvalue weighted by molar-refractivity contribution is 4.42. The molecule has 0 aromatic heterocycles. The Labute approximate surface area is 143 Å². The maximum Gasteiger partial charge on any atom is 0.0701 e. The molecule has 0 aliphatic heterocycles. The van der Waals surface area contributed by atoms with Crippen LogP contribution in [0.15, 0.2) is 0 Å². The molecule has 0 spiro atoms. The Morgan fingerprint density at radius 2 is 0.870 bits per heavy atom. The highest BCUT2D eigenvalue weighted by Crippen LogP contribution is 2.01. The number of ether oxygens (including phenoxy) is 3. The van der Waals surface area contributed by atoms with Gasteiger partial charge in [-0.1, -0.05) is 52.4 Å². The number of hydrogen-bond donors (Lipinski definition) is 2. The summed E-state index contributed by atoms with van der Waals surface area (Å²) in [6, 6.07) is 0. The van der Waals surface area contributed by atoms with Gasteiger partial charge in [-0.15, -0.1) is 0 Å². The van der Waals surface area contributed by atoms with Gasteiger partial charge in [-0.3, -0.25) is 0 Å². The molecule has 0 aliphatic carbocycles. The van der Waals surface area contributed by atoms with E-state index in [2.05, 4.69) is 13.8 Å². The third kappa shape index (κ3) is 30.3. The van der Waals surface area contributed by atoms with Crippen molar-refractivity contribution < 1.29 is 24.4 Å². The minimum atomic E-state index is 0.0417. The lowest BCUT2D eigenvalue weighted by Gasteiger charge is -2.03. The summed E-state index contributed by atoms with van der Waals surface area (Å²) in [7, 11) is 0. The molecule has 0 aromatic carbocycles. The molecule has 2 N–H and O–H groups in total.